The molecule has 1 aliphatic rings. The summed E-state index contributed by atoms with van der Waals surface area (Å²) in [5, 5.41) is 16.0. The van der Waals surface area contributed by atoms with Crippen molar-refractivity contribution in [2.24, 2.45) is 11.8 Å². The minimum Gasteiger partial charge on any atom is -0.499 e. The van der Waals surface area contributed by atoms with Gasteiger partial charge in [0, 0.05) is 6.08 Å². The molecule has 3 amide bonds. The Bertz CT molecular complexity index is 575. The monoisotopic (exact) mass is 369 g/mol. The Hall–Kier alpha value is -1.93. The van der Waals surface area contributed by atoms with Gasteiger partial charge in [-0.15, -0.1) is 0 Å². The number of nitrogens with one attached hydrogen (secondary N) is 2. The zero-order chi connectivity index (χ0) is 20.2. The van der Waals surface area contributed by atoms with Gasteiger partial charge in [-0.25, -0.2) is 0 Å². The van der Waals surface area contributed by atoms with Crippen molar-refractivity contribution in [1.82, 2.24) is 15.5 Å². The van der Waals surface area contributed by atoms with Crippen molar-refractivity contribution in [2.45, 2.75) is 58.8 Å². The van der Waals surface area contributed by atoms with Crippen LogP contribution in [0.3, 0.4) is 0 Å². The number of nitrogens with zero attached hydrogens (tertiary/aromatic N) is 1. The summed E-state index contributed by atoms with van der Waals surface area (Å²) in [5.41, 5.74) is 0. The van der Waals surface area contributed by atoms with Crippen LogP contribution in [0.15, 0.2) is 11.8 Å². The third kappa shape index (κ3) is 4.62. The van der Waals surface area contributed by atoms with Crippen LogP contribution in [-0.4, -0.2) is 66.1 Å². The van der Waals surface area contributed by atoms with Crippen LogP contribution in [0.1, 0.15) is 34.6 Å². The molecule has 1 aliphatic heterocycles. The Morgan fingerprint density at radius 2 is 1.81 bits per heavy atom. The summed E-state index contributed by atoms with van der Waals surface area (Å²) in [5.74, 6) is -1.69. The van der Waals surface area contributed by atoms with Crippen LogP contribution in [0.25, 0.3) is 0 Å². The average molecular weight is 369 g/mol. The largest absolute Gasteiger partial charge is 0.499 e. The molecule has 0 radical (unpaired) electrons. The molecule has 1 heterocycles. The molecule has 0 spiro atoms. The second-order valence-corrected chi connectivity index (χ2v) is 7.07. The average Bonchev–Trinajstić information content (AvgIpc) is 2.95. The molecule has 0 aliphatic carbocycles. The number of amides is 3. The first kappa shape index (κ1) is 22.1. The molecule has 8 nitrogen and oxygen atoms in total. The Morgan fingerprint density at radius 3 is 2.27 bits per heavy atom. The van der Waals surface area contributed by atoms with Gasteiger partial charge >= 0.3 is 0 Å². The molecule has 0 saturated carbocycles. The zero-order valence-electron chi connectivity index (χ0n) is 16.6. The van der Waals surface area contributed by atoms with Crippen molar-refractivity contribution >= 4 is 17.7 Å². The van der Waals surface area contributed by atoms with Gasteiger partial charge in [0.2, 0.25) is 11.8 Å². The maximum Gasteiger partial charge on any atom is 0.257 e. The van der Waals surface area contributed by atoms with Gasteiger partial charge in [-0.1, -0.05) is 20.8 Å². The quantitative estimate of drug-likeness (QED) is 0.557. The van der Waals surface area contributed by atoms with Crippen molar-refractivity contribution in [3.63, 3.8) is 0 Å². The summed E-state index contributed by atoms with van der Waals surface area (Å²) in [6.07, 6.45) is 0.171. The third-order valence-electron chi connectivity index (χ3n) is 4.79. The molecule has 0 aromatic heterocycles. The first-order chi connectivity index (χ1) is 12.1. The molecule has 0 bridgehead atoms. The van der Waals surface area contributed by atoms with E-state index in [0.29, 0.717) is 5.76 Å². The lowest BCUT2D eigenvalue weighted by atomic mass is 9.95. The van der Waals surface area contributed by atoms with E-state index in [1.165, 1.54) is 13.2 Å². The predicted octanol–water partition coefficient (Wildman–Crippen LogP) is 0.0197. The summed E-state index contributed by atoms with van der Waals surface area (Å²) >= 11 is 0. The van der Waals surface area contributed by atoms with Crippen molar-refractivity contribution < 1.29 is 24.2 Å². The van der Waals surface area contributed by atoms with E-state index in [9.17, 15) is 19.5 Å². The second kappa shape index (κ2) is 9.14. The van der Waals surface area contributed by atoms with Gasteiger partial charge in [0.05, 0.1) is 37.3 Å². The number of ether oxygens (including phenoxy) is 1. The number of aliphatic hydroxyl groups is 1. The van der Waals surface area contributed by atoms with Crippen LogP contribution in [0, 0.1) is 11.8 Å². The smallest absolute Gasteiger partial charge is 0.257 e. The molecule has 0 aromatic rings. The molecule has 0 saturated heterocycles. The number of likely N-dealkylation sites (N-methyl/N-ethyl adjacent to an activating group) is 1. The van der Waals surface area contributed by atoms with Crippen molar-refractivity contribution in [3.8, 4) is 0 Å². The van der Waals surface area contributed by atoms with E-state index in [-0.39, 0.29) is 11.8 Å². The Labute approximate surface area is 154 Å². The van der Waals surface area contributed by atoms with Crippen molar-refractivity contribution in [2.75, 3.05) is 14.2 Å². The normalized spacial score (nSPS) is 21.9. The fourth-order valence-electron chi connectivity index (χ4n) is 2.96. The first-order valence-corrected chi connectivity index (χ1v) is 8.85. The summed E-state index contributed by atoms with van der Waals surface area (Å²) in [4.78, 5) is 38.3. The molecule has 1 rings (SSSR count). The molecule has 0 fully saturated rings. The second-order valence-electron chi connectivity index (χ2n) is 7.07. The van der Waals surface area contributed by atoms with Gasteiger partial charge in [0.25, 0.3) is 5.91 Å². The number of hydrogen-bond donors (Lipinski definition) is 3. The number of hydrogen-bond acceptors (Lipinski definition) is 6. The van der Waals surface area contributed by atoms with E-state index < -0.39 is 42.0 Å². The number of rotatable bonds is 8. The van der Waals surface area contributed by atoms with Crippen LogP contribution in [0.2, 0.25) is 0 Å². The van der Waals surface area contributed by atoms with E-state index in [2.05, 4.69) is 10.6 Å². The van der Waals surface area contributed by atoms with Crippen LogP contribution >= 0.6 is 0 Å². The van der Waals surface area contributed by atoms with Crippen LogP contribution < -0.4 is 10.6 Å². The number of carbonyl (C=O) groups excluding carboxylic acids is 3. The lowest BCUT2D eigenvalue weighted by molar-refractivity contribution is -0.150. The first-order valence-electron chi connectivity index (χ1n) is 8.85. The summed E-state index contributed by atoms with van der Waals surface area (Å²) in [6, 6.07) is -1.57. The number of methoxy groups -OCH3 is 1. The molecule has 26 heavy (non-hydrogen) atoms. The standard InChI is InChI=1S/C18H31N3O5/c1-9(2)15-13(26-7)8-14(22)21(15)18(25)10(3)16(23)11(4)20-17(24)12(5)19-6/h8-12,15-16,19,23H,1-7H3,(H,20,24)/t10-,11+,12+,15+,16+/m1/s1. The van der Waals surface area contributed by atoms with E-state index in [1.807, 2.05) is 13.8 Å². The predicted molar refractivity (Wildman–Crippen MR) is 96.9 cm³/mol. The maximum absolute atomic E-state index is 12.9. The minimum atomic E-state index is -1.14. The number of imide groups is 1. The fraction of sp³-hybridized carbons (Fsp3) is 0.722. The third-order valence-corrected chi connectivity index (χ3v) is 4.79. The van der Waals surface area contributed by atoms with Gasteiger partial charge in [0.1, 0.15) is 5.76 Å². The molecule has 8 heteroatoms. The van der Waals surface area contributed by atoms with Crippen molar-refractivity contribution in [3.05, 3.63) is 11.8 Å². The summed E-state index contributed by atoms with van der Waals surface area (Å²) in [7, 11) is 3.12. The van der Waals surface area contributed by atoms with Gasteiger partial charge in [-0.3, -0.25) is 19.3 Å². The zero-order valence-corrected chi connectivity index (χ0v) is 16.6. The van der Waals surface area contributed by atoms with Crippen LogP contribution in [-0.2, 0) is 19.1 Å². The highest BCUT2D eigenvalue weighted by Crippen LogP contribution is 2.28. The van der Waals surface area contributed by atoms with E-state index >= 15 is 0 Å². The molecular weight excluding hydrogens is 338 g/mol. The van der Waals surface area contributed by atoms with Gasteiger partial charge in [0.15, 0.2) is 0 Å². The Balaban J connectivity index is 2.88. The lowest BCUT2D eigenvalue weighted by Gasteiger charge is -2.32. The van der Waals surface area contributed by atoms with Gasteiger partial charge < -0.3 is 20.5 Å². The summed E-state index contributed by atoms with van der Waals surface area (Å²) < 4.78 is 5.23. The molecule has 148 valence electrons. The Kier molecular flexibility index (Phi) is 7.77. The number of aliphatic hydroxyl groups excluding tert-OH is 1. The van der Waals surface area contributed by atoms with Gasteiger partial charge in [-0.05, 0) is 26.8 Å². The Morgan fingerprint density at radius 1 is 1.23 bits per heavy atom. The topological polar surface area (TPSA) is 108 Å². The van der Waals surface area contributed by atoms with Crippen LogP contribution in [0.4, 0.5) is 0 Å². The highest BCUT2D eigenvalue weighted by molar-refractivity contribution is 6.05. The lowest BCUT2D eigenvalue weighted by Crippen LogP contribution is -2.54. The van der Waals surface area contributed by atoms with E-state index in [1.54, 1.807) is 27.8 Å². The SMILES string of the molecule is CN[C@@H](C)C(=O)N[C@@H](C)[C@@H](O)[C@@H](C)C(=O)N1C(=O)C=C(OC)[C@@H]1C(C)C. The van der Waals surface area contributed by atoms with Crippen molar-refractivity contribution in [1.29, 1.82) is 0 Å². The highest BCUT2D eigenvalue weighted by Gasteiger charge is 2.43. The molecule has 0 aromatic carbocycles. The molecular formula is C18H31N3O5. The van der Waals surface area contributed by atoms with Gasteiger partial charge in [-0.2, -0.15) is 0 Å². The molecule has 0 unspecified atom stereocenters. The van der Waals surface area contributed by atoms with Crippen LogP contribution in [0.5, 0.6) is 0 Å². The molecule has 3 N–H and O–H groups in total. The van der Waals surface area contributed by atoms with E-state index in [4.69, 9.17) is 4.74 Å². The molecule has 5 atom stereocenters. The van der Waals surface area contributed by atoms with E-state index in [0.717, 1.165) is 4.90 Å². The highest BCUT2D eigenvalue weighted by atomic mass is 16.5. The minimum absolute atomic E-state index is 0.0328. The maximum atomic E-state index is 12.9. The number of carbonyl (C=O) groups is 3. The summed E-state index contributed by atoms with van der Waals surface area (Å²) in [6.45, 7) is 8.64. The fourth-order valence-corrected chi connectivity index (χ4v) is 2.96.